The Bertz CT molecular complexity index is 1890. The van der Waals surface area contributed by atoms with Crippen LogP contribution in [0.1, 0.15) is 58.4 Å². The average molecular weight is 714 g/mol. The number of H-pyrrole nitrogens is 2. The molecule has 1 atom stereocenters. The van der Waals surface area contributed by atoms with E-state index in [0.29, 0.717) is 61.4 Å². The zero-order chi connectivity index (χ0) is 37.4. The lowest BCUT2D eigenvalue weighted by Crippen LogP contribution is -2.50. The van der Waals surface area contributed by atoms with Gasteiger partial charge in [0.05, 0.1) is 29.4 Å². The predicted molar refractivity (Wildman–Crippen MR) is 201 cm³/mol. The van der Waals surface area contributed by atoms with Gasteiger partial charge in [0, 0.05) is 36.8 Å². The van der Waals surface area contributed by atoms with Crippen molar-refractivity contribution < 1.29 is 23.9 Å². The van der Waals surface area contributed by atoms with Crippen LogP contribution in [-0.2, 0) is 20.7 Å². The van der Waals surface area contributed by atoms with Gasteiger partial charge in [-0.1, -0.05) is 24.3 Å². The molecule has 13 nitrogen and oxygen atoms in total. The van der Waals surface area contributed by atoms with Gasteiger partial charge in [0.2, 0.25) is 11.8 Å². The molecule has 5 rings (SSSR count). The van der Waals surface area contributed by atoms with Crippen molar-refractivity contribution in [2.75, 3.05) is 38.7 Å². The number of nitrogens with zero attached hydrogens (tertiary/aromatic N) is 3. The maximum Gasteiger partial charge on any atom is 0.407 e. The second-order valence-electron chi connectivity index (χ2n) is 14.8. The van der Waals surface area contributed by atoms with Gasteiger partial charge < -0.3 is 35.4 Å². The number of alkyl carbamates (subject to hydrolysis) is 1. The largest absolute Gasteiger partial charge is 0.478 e. The van der Waals surface area contributed by atoms with Gasteiger partial charge in [-0.25, -0.2) is 19.5 Å². The molecule has 2 heterocycles. The number of fused-ring (bicyclic) bond motifs is 1. The molecule has 1 saturated carbocycles. The third kappa shape index (κ3) is 10.5. The number of carbonyl (C=O) groups is 3. The van der Waals surface area contributed by atoms with Crippen LogP contribution in [-0.4, -0.2) is 83.2 Å². The molecule has 1 aliphatic carbocycles. The number of imide groups is 1. The number of nitrogens with two attached hydrogens (primary N) is 1. The Hall–Kier alpha value is -5.01. The van der Waals surface area contributed by atoms with Crippen molar-refractivity contribution in [3.8, 4) is 17.0 Å². The average Bonchev–Trinajstić information content (AvgIpc) is 3.48. The summed E-state index contributed by atoms with van der Waals surface area (Å²) in [4.78, 5) is 65.7. The number of hydrogen-bond acceptors (Lipinski definition) is 9. The van der Waals surface area contributed by atoms with Crippen LogP contribution < -0.4 is 26.4 Å². The van der Waals surface area contributed by atoms with Crippen LogP contribution >= 0.6 is 0 Å². The predicted octanol–water partition coefficient (Wildman–Crippen LogP) is 5.01. The normalized spacial score (nSPS) is 16.8. The first kappa shape index (κ1) is 38.2. The molecular weight excluding hydrogens is 662 g/mol. The number of aromatic amines is 2. The number of carbonyl (C=O) groups excluding carboxylic acids is 3. The van der Waals surface area contributed by atoms with Crippen LogP contribution in [0.3, 0.4) is 0 Å². The Kier molecular flexibility index (Phi) is 12.5. The summed E-state index contributed by atoms with van der Waals surface area (Å²) >= 11 is 0. The molecule has 3 amide bonds. The van der Waals surface area contributed by atoms with Crippen molar-refractivity contribution in [3.05, 3.63) is 76.8 Å². The number of imidazole rings is 1. The number of pyridine rings is 1. The van der Waals surface area contributed by atoms with Gasteiger partial charge in [-0.2, -0.15) is 0 Å². The Balaban J connectivity index is 1.27. The molecule has 2 aromatic heterocycles. The maximum atomic E-state index is 14.2. The molecular formula is C39H51N7O6. The van der Waals surface area contributed by atoms with E-state index in [-0.39, 0.29) is 23.9 Å². The fraction of sp³-hybridized carbons (Fsp3) is 0.462. The quantitative estimate of drug-likeness (QED) is 0.139. The number of benzene rings is 2. The van der Waals surface area contributed by atoms with Crippen LogP contribution in [0.15, 0.2) is 65.6 Å². The minimum absolute atomic E-state index is 0.184. The highest BCUT2D eigenvalue weighted by Crippen LogP contribution is 2.32. The van der Waals surface area contributed by atoms with Crippen LogP contribution in [0.4, 0.5) is 10.5 Å². The van der Waals surface area contributed by atoms with Crippen molar-refractivity contribution in [3.63, 3.8) is 0 Å². The number of ether oxygens (including phenoxy) is 2. The van der Waals surface area contributed by atoms with E-state index in [9.17, 15) is 19.2 Å². The third-order valence-corrected chi connectivity index (χ3v) is 9.10. The molecule has 0 aliphatic heterocycles. The molecule has 278 valence electrons. The van der Waals surface area contributed by atoms with Gasteiger partial charge in [-0.3, -0.25) is 9.59 Å². The van der Waals surface area contributed by atoms with Crippen LogP contribution in [0.25, 0.3) is 22.2 Å². The Morgan fingerprint density at radius 2 is 1.73 bits per heavy atom. The Labute approximate surface area is 304 Å². The van der Waals surface area contributed by atoms with Crippen molar-refractivity contribution in [2.24, 2.45) is 17.6 Å². The number of anilines is 1. The van der Waals surface area contributed by atoms with Gasteiger partial charge in [-0.05, 0) is 115 Å². The fourth-order valence-electron chi connectivity index (χ4n) is 6.44. The summed E-state index contributed by atoms with van der Waals surface area (Å²) in [6.07, 6.45) is 4.91. The number of hydrogen-bond donors (Lipinski definition) is 4. The highest BCUT2D eigenvalue weighted by molar-refractivity contribution is 6.17. The smallest absolute Gasteiger partial charge is 0.407 e. The lowest BCUT2D eigenvalue weighted by molar-refractivity contribution is -0.130. The minimum atomic E-state index is -1.02. The minimum Gasteiger partial charge on any atom is -0.478 e. The van der Waals surface area contributed by atoms with E-state index in [1.54, 1.807) is 24.4 Å². The van der Waals surface area contributed by atoms with Crippen LogP contribution in [0.5, 0.6) is 5.88 Å². The van der Waals surface area contributed by atoms with E-state index < -0.39 is 29.6 Å². The monoisotopic (exact) mass is 713 g/mol. The summed E-state index contributed by atoms with van der Waals surface area (Å²) in [6, 6.07) is 15.4. The van der Waals surface area contributed by atoms with Gasteiger partial charge in [0.15, 0.2) is 0 Å². The van der Waals surface area contributed by atoms with E-state index in [1.165, 1.54) is 4.90 Å². The molecule has 0 spiro atoms. The van der Waals surface area contributed by atoms with Gasteiger partial charge in [0.25, 0.3) is 5.91 Å². The topological polar surface area (TPSA) is 176 Å². The summed E-state index contributed by atoms with van der Waals surface area (Å²) in [5.41, 5.74) is 9.64. The number of rotatable bonds is 13. The summed E-state index contributed by atoms with van der Waals surface area (Å²) in [7, 11) is 4.05. The molecule has 1 fully saturated rings. The van der Waals surface area contributed by atoms with Crippen molar-refractivity contribution in [1.82, 2.24) is 25.2 Å². The molecule has 13 heteroatoms. The van der Waals surface area contributed by atoms with Crippen molar-refractivity contribution in [2.45, 2.75) is 70.9 Å². The van der Waals surface area contributed by atoms with Gasteiger partial charge >= 0.3 is 11.8 Å². The van der Waals surface area contributed by atoms with E-state index in [1.807, 2.05) is 71.3 Å². The number of nitrogens with one attached hydrogen (secondary N) is 3. The first-order valence-corrected chi connectivity index (χ1v) is 17.9. The third-order valence-electron chi connectivity index (χ3n) is 9.10. The standard InChI is InChI=1S/C39H51N7O6/c1-39(2,3)52-38(50)42-23-25-10-12-27(13-11-25)35(47)46(30-15-16-32-33(22-30)44-37(49)43-32)36(48)31(40)21-26-8-6-9-28(20-26)29-14-17-34(41-24-29)51-19-7-18-45(4)5/h6,8-9,14-17,20,22,24-25,27,31H,7,10-13,18-19,21,23,40H2,1-5H3,(H,42,50)(H2,43,44,49)/t25-,27-,31-/m0/s1. The first-order chi connectivity index (χ1) is 24.8. The molecule has 0 radical (unpaired) electrons. The molecule has 5 N–H and O–H groups in total. The molecule has 0 unspecified atom stereocenters. The lowest BCUT2D eigenvalue weighted by Gasteiger charge is -2.32. The summed E-state index contributed by atoms with van der Waals surface area (Å²) in [6.45, 7) is 7.40. The number of amides is 3. The van der Waals surface area contributed by atoms with Crippen molar-refractivity contribution >= 4 is 34.6 Å². The summed E-state index contributed by atoms with van der Waals surface area (Å²) in [5, 5.41) is 2.84. The zero-order valence-electron chi connectivity index (χ0n) is 30.7. The molecule has 4 aromatic rings. The highest BCUT2D eigenvalue weighted by Gasteiger charge is 2.35. The second kappa shape index (κ2) is 17.0. The van der Waals surface area contributed by atoms with E-state index in [0.717, 1.165) is 29.7 Å². The molecule has 0 bridgehead atoms. The first-order valence-electron chi connectivity index (χ1n) is 17.9. The maximum absolute atomic E-state index is 14.2. The Morgan fingerprint density at radius 1 is 0.981 bits per heavy atom. The van der Waals surface area contributed by atoms with Gasteiger partial charge in [0.1, 0.15) is 5.60 Å². The summed E-state index contributed by atoms with van der Waals surface area (Å²) < 4.78 is 11.1. The summed E-state index contributed by atoms with van der Waals surface area (Å²) in [5.74, 6) is -0.531. The number of aromatic nitrogens is 3. The zero-order valence-corrected chi connectivity index (χ0v) is 30.7. The fourth-order valence-corrected chi connectivity index (χ4v) is 6.44. The van der Waals surface area contributed by atoms with Crippen LogP contribution in [0, 0.1) is 11.8 Å². The highest BCUT2D eigenvalue weighted by atomic mass is 16.6. The van der Waals surface area contributed by atoms with Crippen molar-refractivity contribution in [1.29, 1.82) is 0 Å². The Morgan fingerprint density at radius 3 is 2.42 bits per heavy atom. The second-order valence-corrected chi connectivity index (χ2v) is 14.8. The van der Waals surface area contributed by atoms with Crippen LogP contribution in [0.2, 0.25) is 0 Å². The van der Waals surface area contributed by atoms with E-state index >= 15 is 0 Å². The molecule has 1 aliphatic rings. The molecule has 52 heavy (non-hydrogen) atoms. The molecule has 2 aromatic carbocycles. The SMILES string of the molecule is CN(C)CCCOc1ccc(-c2cccc(C[C@H](N)C(=O)N(c3ccc4[nH]c(=O)[nH]c4c3)C(=O)[C@H]3CC[C@H](CNC(=O)OC(C)(C)C)CC3)c2)cn1. The van der Waals surface area contributed by atoms with E-state index in [4.69, 9.17) is 15.2 Å². The lowest BCUT2D eigenvalue weighted by atomic mass is 9.81. The van der Waals surface area contributed by atoms with Gasteiger partial charge in [-0.15, -0.1) is 0 Å². The molecule has 0 saturated heterocycles. The van der Waals surface area contributed by atoms with E-state index in [2.05, 4.69) is 25.2 Å².